The maximum atomic E-state index is 10.8. The predicted molar refractivity (Wildman–Crippen MR) is 84.4 cm³/mol. The van der Waals surface area contributed by atoms with Gasteiger partial charge < -0.3 is 0 Å². The number of aromatic nitrogens is 1. The van der Waals surface area contributed by atoms with Crippen LogP contribution in [-0.4, -0.2) is 9.91 Å². The second-order valence-corrected chi connectivity index (χ2v) is 8.07. The van der Waals surface area contributed by atoms with E-state index in [1.54, 1.807) is 12.3 Å². The van der Waals surface area contributed by atoms with E-state index in [0.29, 0.717) is 0 Å². The van der Waals surface area contributed by atoms with Gasteiger partial charge in [0.1, 0.15) is 0 Å². The first-order valence-corrected chi connectivity index (χ1v) is 7.96. The minimum atomic E-state index is -0.360. The summed E-state index contributed by atoms with van der Waals surface area (Å²) in [5.74, 6) is 0. The third-order valence-corrected chi connectivity index (χ3v) is 4.85. The molecular weight excluding hydrogens is 396 g/mol. The summed E-state index contributed by atoms with van der Waals surface area (Å²) in [5, 5.41) is 12.8. The van der Waals surface area contributed by atoms with Crippen molar-refractivity contribution in [3.05, 3.63) is 46.1 Å². The lowest BCUT2D eigenvalue weighted by Gasteiger charge is -2.06. The molecule has 1 aromatic carbocycles. The van der Waals surface area contributed by atoms with Crippen molar-refractivity contribution in [1.82, 2.24) is 4.98 Å². The maximum absolute atomic E-state index is 10.8. The Morgan fingerprint density at radius 2 is 2.11 bits per heavy atom. The van der Waals surface area contributed by atoms with E-state index in [0.717, 1.165) is 26.6 Å². The zero-order valence-corrected chi connectivity index (χ0v) is 13.3. The normalized spacial score (nSPS) is 11.5. The highest BCUT2D eigenvalue weighted by molar-refractivity contribution is 9.24. The van der Waals surface area contributed by atoms with Crippen molar-refractivity contribution in [3.8, 4) is 0 Å². The van der Waals surface area contributed by atoms with Gasteiger partial charge in [0.2, 0.25) is 0 Å². The van der Waals surface area contributed by atoms with Crippen LogP contribution < -0.4 is 0 Å². The number of hydrogen-bond acceptors (Lipinski definition) is 4. The fourth-order valence-electron chi connectivity index (χ4n) is 1.97. The molecule has 0 atom stereocenters. The first kappa shape index (κ1) is 13.0. The highest BCUT2D eigenvalue weighted by Gasteiger charge is 2.14. The van der Waals surface area contributed by atoms with Crippen LogP contribution in [0.25, 0.3) is 21.0 Å². The first-order valence-electron chi connectivity index (χ1n) is 5.31. The number of alkyl halides is 2. The zero-order chi connectivity index (χ0) is 13.6. The smallest absolute Gasteiger partial charge is 0.258 e. The monoisotopic (exact) mass is 400 g/mol. The summed E-state index contributed by atoms with van der Waals surface area (Å²) in [5.41, 5.74) is 1.89. The molecule has 2 aromatic heterocycles. The highest BCUT2D eigenvalue weighted by atomic mass is 79.9. The molecule has 0 unspecified atom stereocenters. The molecule has 0 radical (unpaired) electrons. The summed E-state index contributed by atoms with van der Waals surface area (Å²) in [4.78, 5) is 14.8. The fourth-order valence-corrected chi connectivity index (χ4v) is 3.66. The molecular formula is C12H6Br2N2O2S. The molecule has 0 N–H and O–H groups in total. The van der Waals surface area contributed by atoms with Crippen LogP contribution in [0.5, 0.6) is 0 Å². The fraction of sp³-hybridized carbons (Fsp3) is 0.0833. The summed E-state index contributed by atoms with van der Waals surface area (Å²) in [7, 11) is 0. The number of hydrogen-bond donors (Lipinski definition) is 0. The van der Waals surface area contributed by atoms with E-state index in [2.05, 4.69) is 36.8 Å². The second kappa shape index (κ2) is 4.81. The van der Waals surface area contributed by atoms with Crippen molar-refractivity contribution >= 4 is 69.2 Å². The quantitative estimate of drug-likeness (QED) is 0.339. The summed E-state index contributed by atoms with van der Waals surface area (Å²) in [6.07, 6.45) is 1.74. The molecule has 3 aromatic rings. The minimum Gasteiger partial charge on any atom is -0.258 e. The molecule has 4 nitrogen and oxygen atoms in total. The van der Waals surface area contributed by atoms with Gasteiger partial charge in [0.15, 0.2) is 0 Å². The molecule has 2 heterocycles. The van der Waals surface area contributed by atoms with Crippen LogP contribution in [0.1, 0.15) is 9.30 Å². The van der Waals surface area contributed by atoms with Gasteiger partial charge in [0, 0.05) is 27.7 Å². The van der Waals surface area contributed by atoms with Crippen molar-refractivity contribution < 1.29 is 4.92 Å². The van der Waals surface area contributed by atoms with Crippen LogP contribution >= 0.6 is 43.2 Å². The third kappa shape index (κ3) is 2.26. The Bertz CT molecular complexity index is 801. The molecule has 0 aliphatic heterocycles. The molecule has 7 heteroatoms. The van der Waals surface area contributed by atoms with Crippen molar-refractivity contribution in [2.45, 2.75) is 3.74 Å². The van der Waals surface area contributed by atoms with Gasteiger partial charge in [-0.15, -0.1) is 0 Å². The van der Waals surface area contributed by atoms with Gasteiger partial charge in [-0.25, -0.2) is 0 Å². The Morgan fingerprint density at radius 1 is 1.32 bits per heavy atom. The van der Waals surface area contributed by atoms with E-state index in [4.69, 9.17) is 0 Å². The van der Waals surface area contributed by atoms with Crippen LogP contribution in [0.4, 0.5) is 5.00 Å². The number of halogens is 2. The van der Waals surface area contributed by atoms with E-state index in [-0.39, 0.29) is 13.7 Å². The Balaban J connectivity index is 2.35. The van der Waals surface area contributed by atoms with Gasteiger partial charge in [0.05, 0.1) is 14.2 Å². The zero-order valence-electron chi connectivity index (χ0n) is 9.34. The number of nitrogens with zero attached hydrogens (tertiary/aromatic N) is 2. The highest BCUT2D eigenvalue weighted by Crippen LogP contribution is 2.38. The number of pyridine rings is 1. The molecule has 0 amide bonds. The molecule has 0 aliphatic rings. The molecule has 0 aliphatic carbocycles. The lowest BCUT2D eigenvalue weighted by molar-refractivity contribution is -0.380. The van der Waals surface area contributed by atoms with Crippen molar-refractivity contribution in [2.75, 3.05) is 0 Å². The van der Waals surface area contributed by atoms with Crippen LogP contribution in [-0.2, 0) is 0 Å². The minimum absolute atomic E-state index is 0.0258. The molecule has 19 heavy (non-hydrogen) atoms. The van der Waals surface area contributed by atoms with E-state index < -0.39 is 0 Å². The molecule has 0 saturated carbocycles. The summed E-state index contributed by atoms with van der Waals surface area (Å²) < 4.78 is 0.923. The molecule has 0 fully saturated rings. The van der Waals surface area contributed by atoms with Crippen LogP contribution in [0.15, 0.2) is 30.5 Å². The average molecular weight is 402 g/mol. The third-order valence-electron chi connectivity index (χ3n) is 2.82. The number of nitro groups is 1. The maximum Gasteiger partial charge on any atom is 0.325 e. The van der Waals surface area contributed by atoms with E-state index in [1.807, 2.05) is 18.2 Å². The Hall–Kier alpha value is -1.05. The van der Waals surface area contributed by atoms with Gasteiger partial charge in [0.25, 0.3) is 0 Å². The number of rotatable bonds is 2. The first-order chi connectivity index (χ1) is 9.06. The van der Waals surface area contributed by atoms with Crippen molar-refractivity contribution in [1.29, 1.82) is 0 Å². The summed E-state index contributed by atoms with van der Waals surface area (Å²) in [6.45, 7) is 0. The predicted octanol–water partition coefficient (Wildman–Crippen LogP) is 5.15. The molecule has 0 bridgehead atoms. The van der Waals surface area contributed by atoms with Gasteiger partial charge >= 0.3 is 5.00 Å². The Kier molecular flexibility index (Phi) is 3.28. The lowest BCUT2D eigenvalue weighted by atomic mass is 10.1. The number of fused-ring (bicyclic) bond motifs is 2. The second-order valence-electron chi connectivity index (χ2n) is 3.95. The summed E-state index contributed by atoms with van der Waals surface area (Å²) >= 11 is 8.14. The average Bonchev–Trinajstić information content (AvgIpc) is 2.78. The lowest BCUT2D eigenvalue weighted by Crippen LogP contribution is -1.86. The largest absolute Gasteiger partial charge is 0.325 e. The SMILES string of the molecule is O=[N+]([O-])c1cc2cc3nccc(C(Br)Br)c3cc2s1. The van der Waals surface area contributed by atoms with E-state index in [9.17, 15) is 10.1 Å². The number of benzene rings is 1. The van der Waals surface area contributed by atoms with Gasteiger partial charge in [-0.2, -0.15) is 0 Å². The van der Waals surface area contributed by atoms with E-state index in [1.165, 1.54) is 11.3 Å². The van der Waals surface area contributed by atoms with Gasteiger partial charge in [-0.05, 0) is 23.8 Å². The van der Waals surface area contributed by atoms with Crippen molar-refractivity contribution in [2.24, 2.45) is 0 Å². The topological polar surface area (TPSA) is 56.0 Å². The summed E-state index contributed by atoms with van der Waals surface area (Å²) in [6, 6.07) is 7.36. The molecule has 96 valence electrons. The molecule has 3 rings (SSSR count). The standard InChI is InChI=1S/C12H6Br2N2O2S/c13-12(14)7-1-2-15-9-3-6-4-11(16(17)18)19-10(6)5-8(7)9/h1-5,12H. The van der Waals surface area contributed by atoms with E-state index >= 15 is 0 Å². The van der Waals surface area contributed by atoms with Crippen molar-refractivity contribution in [3.63, 3.8) is 0 Å². The van der Waals surface area contributed by atoms with Crippen LogP contribution in [0.2, 0.25) is 0 Å². The molecule has 0 saturated heterocycles. The number of thiophene rings is 1. The van der Waals surface area contributed by atoms with Crippen LogP contribution in [0.3, 0.4) is 0 Å². The van der Waals surface area contributed by atoms with Crippen LogP contribution in [0, 0.1) is 10.1 Å². The molecule has 0 spiro atoms. The van der Waals surface area contributed by atoms with Gasteiger partial charge in [-0.1, -0.05) is 43.2 Å². The van der Waals surface area contributed by atoms with Gasteiger partial charge in [-0.3, -0.25) is 15.1 Å². The Morgan fingerprint density at radius 3 is 2.79 bits per heavy atom. The Labute approximate surface area is 128 Å².